The van der Waals surface area contributed by atoms with Crippen molar-refractivity contribution in [1.82, 2.24) is 10.6 Å². The first-order valence-corrected chi connectivity index (χ1v) is 6.11. The SMILES string of the molecule is CC(O)C(C)(C)NC(=O)CC1CCCNC1. The third-order valence-electron chi connectivity index (χ3n) is 3.38. The van der Waals surface area contributed by atoms with Crippen molar-refractivity contribution in [1.29, 1.82) is 0 Å². The number of nitrogens with one attached hydrogen (secondary N) is 2. The second-order valence-electron chi connectivity index (χ2n) is 5.36. The Morgan fingerprint density at radius 2 is 2.31 bits per heavy atom. The summed E-state index contributed by atoms with van der Waals surface area (Å²) in [5, 5.41) is 15.7. The first kappa shape index (κ1) is 13.5. The lowest BCUT2D eigenvalue weighted by Gasteiger charge is -2.30. The molecule has 0 aromatic rings. The number of hydrogen-bond donors (Lipinski definition) is 3. The van der Waals surface area contributed by atoms with Crippen molar-refractivity contribution in [2.75, 3.05) is 13.1 Å². The summed E-state index contributed by atoms with van der Waals surface area (Å²) in [6, 6.07) is 0. The minimum absolute atomic E-state index is 0.0413. The van der Waals surface area contributed by atoms with Crippen LogP contribution >= 0.6 is 0 Å². The van der Waals surface area contributed by atoms with Crippen molar-refractivity contribution in [3.05, 3.63) is 0 Å². The summed E-state index contributed by atoms with van der Waals surface area (Å²) in [4.78, 5) is 11.8. The highest BCUT2D eigenvalue weighted by Gasteiger charge is 2.27. The lowest BCUT2D eigenvalue weighted by molar-refractivity contribution is -0.125. The maximum atomic E-state index is 11.8. The second-order valence-corrected chi connectivity index (χ2v) is 5.36. The maximum Gasteiger partial charge on any atom is 0.220 e. The van der Waals surface area contributed by atoms with Crippen LogP contribution in [0.1, 0.15) is 40.0 Å². The van der Waals surface area contributed by atoms with E-state index in [1.807, 2.05) is 13.8 Å². The zero-order valence-corrected chi connectivity index (χ0v) is 10.5. The van der Waals surface area contributed by atoms with E-state index in [9.17, 15) is 9.90 Å². The van der Waals surface area contributed by atoms with Gasteiger partial charge in [-0.2, -0.15) is 0 Å². The standard InChI is InChI=1S/C12H24N2O2/c1-9(15)12(2,3)14-11(16)7-10-5-4-6-13-8-10/h9-10,13,15H,4-8H2,1-3H3,(H,14,16). The molecule has 0 radical (unpaired) electrons. The zero-order chi connectivity index (χ0) is 12.2. The van der Waals surface area contributed by atoms with Crippen LogP contribution < -0.4 is 10.6 Å². The molecule has 2 atom stereocenters. The lowest BCUT2D eigenvalue weighted by atomic mass is 9.94. The second kappa shape index (κ2) is 5.64. The smallest absolute Gasteiger partial charge is 0.220 e. The highest BCUT2D eigenvalue weighted by Crippen LogP contribution is 2.15. The molecule has 1 amide bonds. The maximum absolute atomic E-state index is 11.8. The van der Waals surface area contributed by atoms with Crippen molar-refractivity contribution < 1.29 is 9.90 Å². The van der Waals surface area contributed by atoms with Gasteiger partial charge in [0.2, 0.25) is 5.91 Å². The van der Waals surface area contributed by atoms with Gasteiger partial charge in [0.05, 0.1) is 11.6 Å². The van der Waals surface area contributed by atoms with Gasteiger partial charge in [0.25, 0.3) is 0 Å². The lowest BCUT2D eigenvalue weighted by Crippen LogP contribution is -2.51. The van der Waals surface area contributed by atoms with E-state index < -0.39 is 11.6 Å². The van der Waals surface area contributed by atoms with Crippen LogP contribution in [0.5, 0.6) is 0 Å². The molecule has 0 bridgehead atoms. The summed E-state index contributed by atoms with van der Waals surface area (Å²) < 4.78 is 0. The zero-order valence-electron chi connectivity index (χ0n) is 10.5. The van der Waals surface area contributed by atoms with E-state index in [4.69, 9.17) is 0 Å². The summed E-state index contributed by atoms with van der Waals surface area (Å²) in [6.07, 6.45) is 2.29. The third kappa shape index (κ3) is 4.10. The fraction of sp³-hybridized carbons (Fsp3) is 0.917. The molecule has 0 aliphatic carbocycles. The molecule has 1 heterocycles. The molecule has 0 spiro atoms. The quantitative estimate of drug-likeness (QED) is 0.662. The Morgan fingerprint density at radius 1 is 1.62 bits per heavy atom. The van der Waals surface area contributed by atoms with Gasteiger partial charge in [-0.1, -0.05) is 0 Å². The summed E-state index contributed by atoms with van der Waals surface area (Å²) in [5.74, 6) is 0.484. The number of hydrogen-bond acceptors (Lipinski definition) is 3. The molecule has 16 heavy (non-hydrogen) atoms. The molecular weight excluding hydrogens is 204 g/mol. The summed E-state index contributed by atoms with van der Waals surface area (Å²) in [6.45, 7) is 7.38. The molecular formula is C12H24N2O2. The topological polar surface area (TPSA) is 61.4 Å². The van der Waals surface area contributed by atoms with Crippen molar-refractivity contribution >= 4 is 5.91 Å². The average molecular weight is 228 g/mol. The number of carbonyl (C=O) groups excluding carboxylic acids is 1. The Labute approximate surface area is 97.8 Å². The molecule has 0 aromatic heterocycles. The van der Waals surface area contributed by atoms with E-state index in [-0.39, 0.29) is 5.91 Å². The number of rotatable bonds is 4. The molecule has 2 unspecified atom stereocenters. The van der Waals surface area contributed by atoms with Crippen LogP contribution in [0.25, 0.3) is 0 Å². The molecule has 1 fully saturated rings. The Morgan fingerprint density at radius 3 is 2.81 bits per heavy atom. The van der Waals surface area contributed by atoms with Crippen LogP contribution in [-0.2, 0) is 4.79 Å². The Kier molecular flexibility index (Phi) is 4.74. The fourth-order valence-electron chi connectivity index (χ4n) is 1.88. The van der Waals surface area contributed by atoms with E-state index in [1.54, 1.807) is 6.92 Å². The van der Waals surface area contributed by atoms with Gasteiger partial charge in [0.15, 0.2) is 0 Å². The molecule has 0 aromatic carbocycles. The predicted octanol–water partition coefficient (Wildman–Crippen LogP) is 0.652. The average Bonchev–Trinajstić information content (AvgIpc) is 2.17. The number of carbonyl (C=O) groups is 1. The van der Waals surface area contributed by atoms with Gasteiger partial charge in [-0.3, -0.25) is 4.79 Å². The van der Waals surface area contributed by atoms with Gasteiger partial charge in [0.1, 0.15) is 0 Å². The van der Waals surface area contributed by atoms with E-state index >= 15 is 0 Å². The predicted molar refractivity (Wildman–Crippen MR) is 64.1 cm³/mol. The largest absolute Gasteiger partial charge is 0.391 e. The number of amides is 1. The van der Waals surface area contributed by atoms with Crippen molar-refractivity contribution in [3.63, 3.8) is 0 Å². The Balaban J connectivity index is 2.34. The van der Waals surface area contributed by atoms with Gasteiger partial charge < -0.3 is 15.7 Å². The molecule has 1 aliphatic rings. The molecule has 1 saturated heterocycles. The summed E-state index contributed by atoms with van der Waals surface area (Å²) >= 11 is 0. The molecule has 4 heteroatoms. The Hall–Kier alpha value is -0.610. The molecule has 94 valence electrons. The van der Waals surface area contributed by atoms with Crippen LogP contribution in [0.3, 0.4) is 0 Å². The van der Waals surface area contributed by atoms with Gasteiger partial charge in [0, 0.05) is 6.42 Å². The van der Waals surface area contributed by atoms with Crippen molar-refractivity contribution in [2.24, 2.45) is 5.92 Å². The minimum Gasteiger partial charge on any atom is -0.391 e. The third-order valence-corrected chi connectivity index (χ3v) is 3.38. The van der Waals surface area contributed by atoms with Gasteiger partial charge in [-0.25, -0.2) is 0 Å². The highest BCUT2D eigenvalue weighted by atomic mass is 16.3. The molecule has 0 saturated carbocycles. The monoisotopic (exact) mass is 228 g/mol. The molecule has 1 rings (SSSR count). The minimum atomic E-state index is -0.542. The van der Waals surface area contributed by atoms with Crippen LogP contribution in [0.4, 0.5) is 0 Å². The normalized spacial score (nSPS) is 23.9. The van der Waals surface area contributed by atoms with E-state index in [0.29, 0.717) is 12.3 Å². The van der Waals surface area contributed by atoms with Crippen molar-refractivity contribution in [2.45, 2.75) is 51.7 Å². The first-order valence-electron chi connectivity index (χ1n) is 6.11. The first-order chi connectivity index (χ1) is 7.42. The van der Waals surface area contributed by atoms with Crippen LogP contribution in [-0.4, -0.2) is 35.7 Å². The van der Waals surface area contributed by atoms with Crippen molar-refractivity contribution in [3.8, 4) is 0 Å². The molecule has 3 N–H and O–H groups in total. The number of aliphatic hydroxyl groups is 1. The Bertz CT molecular complexity index is 233. The molecule has 4 nitrogen and oxygen atoms in total. The van der Waals surface area contributed by atoms with Gasteiger partial charge in [-0.15, -0.1) is 0 Å². The molecule has 1 aliphatic heterocycles. The summed E-state index contributed by atoms with van der Waals surface area (Å²) in [5.41, 5.74) is -0.542. The number of aliphatic hydroxyl groups excluding tert-OH is 1. The highest BCUT2D eigenvalue weighted by molar-refractivity contribution is 5.77. The number of piperidine rings is 1. The van der Waals surface area contributed by atoms with E-state index in [0.717, 1.165) is 25.9 Å². The van der Waals surface area contributed by atoms with Crippen LogP contribution in [0.15, 0.2) is 0 Å². The summed E-state index contributed by atoms with van der Waals surface area (Å²) in [7, 11) is 0. The van der Waals surface area contributed by atoms with Crippen LogP contribution in [0.2, 0.25) is 0 Å². The fourth-order valence-corrected chi connectivity index (χ4v) is 1.88. The van der Waals surface area contributed by atoms with Gasteiger partial charge >= 0.3 is 0 Å². The van der Waals surface area contributed by atoms with E-state index in [1.165, 1.54) is 0 Å². The van der Waals surface area contributed by atoms with Gasteiger partial charge in [-0.05, 0) is 52.6 Å². The van der Waals surface area contributed by atoms with Crippen LogP contribution in [0, 0.1) is 5.92 Å². The van der Waals surface area contributed by atoms with E-state index in [2.05, 4.69) is 10.6 Å².